The molecule has 6 heteroatoms. The van der Waals surface area contributed by atoms with Crippen LogP contribution in [0.15, 0.2) is 54.1 Å². The van der Waals surface area contributed by atoms with Crippen LogP contribution < -0.4 is 14.8 Å². The van der Waals surface area contributed by atoms with Crippen molar-refractivity contribution in [2.45, 2.75) is 13.0 Å². The predicted molar refractivity (Wildman–Crippen MR) is 108 cm³/mol. The lowest BCUT2D eigenvalue weighted by atomic mass is 10.1. The van der Waals surface area contributed by atoms with Gasteiger partial charge in [-0.05, 0) is 24.1 Å². The fourth-order valence-electron chi connectivity index (χ4n) is 3.00. The molecule has 0 aliphatic carbocycles. The zero-order chi connectivity index (χ0) is 19.2. The number of hydrogen-bond acceptors (Lipinski definition) is 4. The van der Waals surface area contributed by atoms with Crippen LogP contribution in [0.3, 0.4) is 0 Å². The van der Waals surface area contributed by atoms with E-state index in [0.717, 1.165) is 30.2 Å². The van der Waals surface area contributed by atoms with Crippen LogP contribution in [0.1, 0.15) is 12.0 Å². The molecule has 2 aromatic rings. The highest BCUT2D eigenvalue weighted by molar-refractivity contribution is 6.30. The van der Waals surface area contributed by atoms with Gasteiger partial charge in [-0.15, -0.1) is 0 Å². The number of methoxy groups -OCH3 is 2. The van der Waals surface area contributed by atoms with Crippen molar-refractivity contribution in [3.63, 3.8) is 0 Å². The Morgan fingerprint density at radius 3 is 2.33 bits per heavy atom. The number of ether oxygens (including phenoxy) is 2. The quantitative estimate of drug-likeness (QED) is 0.811. The third kappa shape index (κ3) is 5.25. The topological polar surface area (TPSA) is 50.8 Å². The number of rotatable bonds is 6. The van der Waals surface area contributed by atoms with Gasteiger partial charge in [-0.1, -0.05) is 29.8 Å². The van der Waals surface area contributed by atoms with Crippen molar-refractivity contribution in [1.29, 1.82) is 0 Å². The van der Waals surface area contributed by atoms with E-state index >= 15 is 0 Å². The van der Waals surface area contributed by atoms with E-state index in [0.29, 0.717) is 23.6 Å². The van der Waals surface area contributed by atoms with Gasteiger partial charge in [-0.25, -0.2) is 0 Å². The molecule has 1 amide bonds. The average Bonchev–Trinajstić information content (AvgIpc) is 2.70. The average molecular weight is 387 g/mol. The fraction of sp³-hybridized carbons (Fsp3) is 0.286. The van der Waals surface area contributed by atoms with E-state index in [4.69, 9.17) is 21.1 Å². The summed E-state index contributed by atoms with van der Waals surface area (Å²) in [6.07, 6.45) is 2.70. The largest absolute Gasteiger partial charge is 0.497 e. The van der Waals surface area contributed by atoms with E-state index in [2.05, 4.69) is 10.2 Å². The number of amides is 1. The molecule has 27 heavy (non-hydrogen) atoms. The minimum absolute atomic E-state index is 0.0866. The molecule has 1 heterocycles. The van der Waals surface area contributed by atoms with Crippen LogP contribution in [0.5, 0.6) is 11.5 Å². The van der Waals surface area contributed by atoms with Crippen LogP contribution in [-0.4, -0.2) is 38.1 Å². The third-order valence-corrected chi connectivity index (χ3v) is 4.77. The first kappa shape index (κ1) is 19.3. The second-order valence-corrected chi connectivity index (χ2v) is 6.83. The monoisotopic (exact) mass is 386 g/mol. The van der Waals surface area contributed by atoms with Crippen LogP contribution in [0.2, 0.25) is 5.02 Å². The highest BCUT2D eigenvalue weighted by atomic mass is 35.5. The minimum Gasteiger partial charge on any atom is -0.497 e. The van der Waals surface area contributed by atoms with E-state index in [1.807, 2.05) is 30.3 Å². The van der Waals surface area contributed by atoms with Crippen molar-refractivity contribution in [3.8, 4) is 11.5 Å². The summed E-state index contributed by atoms with van der Waals surface area (Å²) in [5.74, 6) is 1.18. The maximum Gasteiger partial charge on any atom is 0.251 e. The lowest BCUT2D eigenvalue weighted by Gasteiger charge is -2.26. The first-order valence-electron chi connectivity index (χ1n) is 8.77. The molecule has 0 unspecified atom stereocenters. The third-order valence-electron chi connectivity index (χ3n) is 4.51. The SMILES string of the molecule is COc1cc(NC(=O)C2=CCN(Cc3ccc(Cl)cc3)CC2)cc(OC)c1. The van der Waals surface area contributed by atoms with E-state index in [1.54, 1.807) is 32.4 Å². The highest BCUT2D eigenvalue weighted by Gasteiger charge is 2.17. The Balaban J connectivity index is 1.60. The summed E-state index contributed by atoms with van der Waals surface area (Å²) in [7, 11) is 3.17. The summed E-state index contributed by atoms with van der Waals surface area (Å²) in [6, 6.07) is 13.2. The zero-order valence-electron chi connectivity index (χ0n) is 15.5. The van der Waals surface area contributed by atoms with Gasteiger partial charge >= 0.3 is 0 Å². The Morgan fingerprint density at radius 1 is 1.11 bits per heavy atom. The Bertz CT molecular complexity index is 812. The van der Waals surface area contributed by atoms with Gasteiger partial charge in [0.25, 0.3) is 5.91 Å². The van der Waals surface area contributed by atoms with Gasteiger partial charge in [0.05, 0.1) is 14.2 Å². The maximum atomic E-state index is 12.6. The number of hydrogen-bond donors (Lipinski definition) is 1. The Kier molecular flexibility index (Phi) is 6.37. The number of benzene rings is 2. The molecular weight excluding hydrogens is 364 g/mol. The van der Waals surface area contributed by atoms with Crippen LogP contribution in [0.4, 0.5) is 5.69 Å². The molecule has 5 nitrogen and oxygen atoms in total. The van der Waals surface area contributed by atoms with Crippen molar-refractivity contribution >= 4 is 23.2 Å². The molecule has 0 fully saturated rings. The van der Waals surface area contributed by atoms with E-state index in [1.165, 1.54) is 5.56 Å². The number of halogens is 1. The zero-order valence-corrected chi connectivity index (χ0v) is 16.3. The molecule has 1 aliphatic heterocycles. The smallest absolute Gasteiger partial charge is 0.251 e. The minimum atomic E-state index is -0.0866. The number of nitrogens with one attached hydrogen (secondary N) is 1. The summed E-state index contributed by atoms with van der Waals surface area (Å²) < 4.78 is 10.5. The highest BCUT2D eigenvalue weighted by Crippen LogP contribution is 2.26. The van der Waals surface area contributed by atoms with Crippen molar-refractivity contribution in [2.24, 2.45) is 0 Å². The molecule has 0 bridgehead atoms. The van der Waals surface area contributed by atoms with Gasteiger partial charge in [0.1, 0.15) is 11.5 Å². The van der Waals surface area contributed by atoms with E-state index in [-0.39, 0.29) is 5.91 Å². The number of carbonyl (C=O) groups excluding carboxylic acids is 1. The van der Waals surface area contributed by atoms with E-state index < -0.39 is 0 Å². The summed E-state index contributed by atoms with van der Waals surface area (Å²) in [5, 5.41) is 3.67. The molecule has 0 saturated heterocycles. The van der Waals surface area contributed by atoms with Gasteiger partial charge in [0.2, 0.25) is 0 Å². The molecule has 2 aromatic carbocycles. The summed E-state index contributed by atoms with van der Waals surface area (Å²) in [5.41, 5.74) is 2.66. The van der Waals surface area contributed by atoms with Crippen LogP contribution in [0, 0.1) is 0 Å². The van der Waals surface area contributed by atoms with Gasteiger partial charge < -0.3 is 14.8 Å². The van der Waals surface area contributed by atoms with Crippen molar-refractivity contribution in [2.75, 3.05) is 32.6 Å². The predicted octanol–water partition coefficient (Wildman–Crippen LogP) is 4.13. The number of nitrogens with zero attached hydrogens (tertiary/aromatic N) is 1. The van der Waals surface area contributed by atoms with Crippen LogP contribution >= 0.6 is 11.6 Å². The molecule has 3 rings (SSSR count). The normalized spacial score (nSPS) is 14.4. The second-order valence-electron chi connectivity index (χ2n) is 6.40. The van der Waals surface area contributed by atoms with E-state index in [9.17, 15) is 4.79 Å². The lowest BCUT2D eigenvalue weighted by molar-refractivity contribution is -0.113. The van der Waals surface area contributed by atoms with Crippen molar-refractivity contribution in [3.05, 3.63) is 64.7 Å². The first-order chi connectivity index (χ1) is 13.1. The maximum absolute atomic E-state index is 12.6. The van der Waals surface area contributed by atoms with Gasteiger partial charge in [0.15, 0.2) is 0 Å². The Morgan fingerprint density at radius 2 is 1.78 bits per heavy atom. The summed E-state index contributed by atoms with van der Waals surface area (Å²) >= 11 is 5.93. The summed E-state index contributed by atoms with van der Waals surface area (Å²) in [4.78, 5) is 14.9. The lowest BCUT2D eigenvalue weighted by Crippen LogP contribution is -2.31. The fourth-order valence-corrected chi connectivity index (χ4v) is 3.13. The molecule has 0 saturated carbocycles. The molecule has 142 valence electrons. The molecule has 1 aliphatic rings. The van der Waals surface area contributed by atoms with Crippen LogP contribution in [0.25, 0.3) is 0 Å². The summed E-state index contributed by atoms with van der Waals surface area (Å²) in [6.45, 7) is 2.42. The molecule has 1 N–H and O–H groups in total. The molecule has 0 radical (unpaired) electrons. The van der Waals surface area contributed by atoms with Gasteiger partial charge in [-0.2, -0.15) is 0 Å². The Labute approximate surface area is 164 Å². The number of carbonyl (C=O) groups is 1. The molecule has 0 aromatic heterocycles. The standard InChI is InChI=1S/C21H23ClN2O3/c1-26-19-11-18(12-20(13-19)27-2)23-21(25)16-7-9-24(10-8-16)14-15-3-5-17(22)6-4-15/h3-7,11-13H,8-10,14H2,1-2H3,(H,23,25). The van der Waals surface area contributed by atoms with Crippen molar-refractivity contribution in [1.82, 2.24) is 4.90 Å². The Hall–Kier alpha value is -2.50. The number of anilines is 1. The molecule has 0 atom stereocenters. The van der Waals surface area contributed by atoms with Crippen molar-refractivity contribution < 1.29 is 14.3 Å². The van der Waals surface area contributed by atoms with Gasteiger partial charge in [-0.3, -0.25) is 9.69 Å². The molecular formula is C21H23ClN2O3. The second kappa shape index (κ2) is 8.93. The first-order valence-corrected chi connectivity index (χ1v) is 9.15. The van der Waals surface area contributed by atoms with Gasteiger partial charge in [0, 0.05) is 54.1 Å². The molecule has 0 spiro atoms. The van der Waals surface area contributed by atoms with Crippen LogP contribution in [-0.2, 0) is 11.3 Å².